The number of nitrogens with two attached hydrogens (primary N) is 1. The van der Waals surface area contributed by atoms with Gasteiger partial charge < -0.3 is 16.0 Å². The molecule has 0 atom stereocenters. The summed E-state index contributed by atoms with van der Waals surface area (Å²) in [6.07, 6.45) is 7.05. The zero-order valence-corrected chi connectivity index (χ0v) is 21.9. The van der Waals surface area contributed by atoms with Crippen LogP contribution in [0.15, 0.2) is 60.8 Å². The summed E-state index contributed by atoms with van der Waals surface area (Å²) in [6, 6.07) is 17.1. The van der Waals surface area contributed by atoms with E-state index in [1.807, 2.05) is 24.3 Å². The topological polar surface area (TPSA) is 71.2 Å². The van der Waals surface area contributed by atoms with Gasteiger partial charge in [0.2, 0.25) is 0 Å². The predicted molar refractivity (Wildman–Crippen MR) is 153 cm³/mol. The van der Waals surface area contributed by atoms with E-state index >= 15 is 0 Å². The van der Waals surface area contributed by atoms with E-state index in [9.17, 15) is 9.18 Å². The molecule has 6 rings (SSSR count). The third-order valence-electron chi connectivity index (χ3n) is 7.61. The van der Waals surface area contributed by atoms with Gasteiger partial charge >= 0.3 is 0 Å². The molecule has 5 nitrogen and oxygen atoms in total. The third kappa shape index (κ3) is 5.11. The summed E-state index contributed by atoms with van der Waals surface area (Å²) >= 11 is 6.18. The number of hydrogen-bond acceptors (Lipinski definition) is 5. The van der Waals surface area contributed by atoms with Crippen LogP contribution in [0.4, 0.5) is 21.5 Å². The highest BCUT2D eigenvalue weighted by molar-refractivity contribution is 6.33. The van der Waals surface area contributed by atoms with Crippen LogP contribution in [-0.4, -0.2) is 35.3 Å². The Hall–Kier alpha value is -3.48. The molecule has 1 aliphatic carbocycles. The average molecular weight is 529 g/mol. The highest BCUT2D eigenvalue weighted by Crippen LogP contribution is 2.39. The lowest BCUT2D eigenvalue weighted by molar-refractivity contribution is 0.0968. The molecule has 2 heterocycles. The van der Waals surface area contributed by atoms with Gasteiger partial charge in [0, 0.05) is 29.7 Å². The summed E-state index contributed by atoms with van der Waals surface area (Å²) in [7, 11) is 0. The largest absolute Gasteiger partial charge is 0.395 e. The zero-order valence-electron chi connectivity index (χ0n) is 21.1. The SMILES string of the molecule is Nc1c(F)cc(-c2ccc3ncc(C(=O)C4CC4)c(Nc4cccc(CCN5CCCC5)c4)c3c2)cc1Cl. The second-order valence-electron chi connectivity index (χ2n) is 10.4. The molecule has 1 aromatic heterocycles. The summed E-state index contributed by atoms with van der Waals surface area (Å²) in [5, 5.41) is 4.53. The van der Waals surface area contributed by atoms with Crippen LogP contribution in [0.5, 0.6) is 0 Å². The van der Waals surface area contributed by atoms with Crippen LogP contribution in [0.3, 0.4) is 0 Å². The van der Waals surface area contributed by atoms with Crippen molar-refractivity contribution in [2.24, 2.45) is 5.92 Å². The van der Waals surface area contributed by atoms with Crippen LogP contribution in [0.25, 0.3) is 22.0 Å². The van der Waals surface area contributed by atoms with Gasteiger partial charge in [-0.05, 0) is 98.3 Å². The minimum absolute atomic E-state index is 0.0507. The first kappa shape index (κ1) is 24.8. The van der Waals surface area contributed by atoms with E-state index in [1.54, 1.807) is 12.3 Å². The second-order valence-corrected chi connectivity index (χ2v) is 10.8. The van der Waals surface area contributed by atoms with E-state index < -0.39 is 5.82 Å². The van der Waals surface area contributed by atoms with Crippen molar-refractivity contribution in [2.75, 3.05) is 30.7 Å². The van der Waals surface area contributed by atoms with Crippen molar-refractivity contribution in [1.82, 2.24) is 9.88 Å². The number of carbonyl (C=O) groups excluding carboxylic acids is 1. The molecule has 0 spiro atoms. The number of aromatic nitrogens is 1. The number of ketones is 1. The maximum Gasteiger partial charge on any atom is 0.169 e. The first-order valence-electron chi connectivity index (χ1n) is 13.3. The molecule has 0 bridgehead atoms. The lowest BCUT2D eigenvalue weighted by atomic mass is 9.98. The Morgan fingerprint density at radius 1 is 1.08 bits per heavy atom. The van der Waals surface area contributed by atoms with Crippen molar-refractivity contribution >= 4 is 45.3 Å². The van der Waals surface area contributed by atoms with Gasteiger partial charge in [-0.3, -0.25) is 9.78 Å². The Labute approximate surface area is 226 Å². The summed E-state index contributed by atoms with van der Waals surface area (Å²) in [4.78, 5) is 20.4. The molecular formula is C31H30ClFN4O. The van der Waals surface area contributed by atoms with E-state index in [1.165, 1.54) is 37.6 Å². The molecule has 7 heteroatoms. The fourth-order valence-electron chi connectivity index (χ4n) is 5.25. The Balaban J connectivity index is 1.39. The summed E-state index contributed by atoms with van der Waals surface area (Å²) in [5.74, 6) is -0.402. The van der Waals surface area contributed by atoms with Gasteiger partial charge in [-0.15, -0.1) is 0 Å². The smallest absolute Gasteiger partial charge is 0.169 e. The number of nitrogen functional groups attached to an aromatic ring is 1. The van der Waals surface area contributed by atoms with Gasteiger partial charge in [0.25, 0.3) is 0 Å². The fraction of sp³-hybridized carbons (Fsp3) is 0.290. The van der Waals surface area contributed by atoms with Crippen LogP contribution in [-0.2, 0) is 6.42 Å². The van der Waals surface area contributed by atoms with Gasteiger partial charge in [-0.2, -0.15) is 0 Å². The van der Waals surface area contributed by atoms with Crippen LogP contribution < -0.4 is 11.1 Å². The number of nitrogens with zero attached hydrogens (tertiary/aromatic N) is 2. The van der Waals surface area contributed by atoms with Crippen LogP contribution in [0, 0.1) is 11.7 Å². The van der Waals surface area contributed by atoms with Gasteiger partial charge in [0.15, 0.2) is 5.78 Å². The van der Waals surface area contributed by atoms with E-state index in [0.29, 0.717) is 11.1 Å². The molecular weight excluding hydrogens is 499 g/mol. The lowest BCUT2D eigenvalue weighted by Gasteiger charge is -2.17. The highest BCUT2D eigenvalue weighted by Gasteiger charge is 2.32. The number of benzene rings is 3. The van der Waals surface area contributed by atoms with Crippen molar-refractivity contribution in [2.45, 2.75) is 32.1 Å². The molecule has 0 unspecified atom stereocenters. The van der Waals surface area contributed by atoms with Crippen molar-refractivity contribution in [3.8, 4) is 11.1 Å². The number of halogens is 2. The Bertz CT molecular complexity index is 1510. The molecule has 3 N–H and O–H groups in total. The molecule has 0 radical (unpaired) electrons. The molecule has 2 fully saturated rings. The van der Waals surface area contributed by atoms with Crippen molar-refractivity contribution in [1.29, 1.82) is 0 Å². The maximum atomic E-state index is 14.4. The zero-order chi connectivity index (χ0) is 26.2. The second kappa shape index (κ2) is 10.4. The minimum atomic E-state index is -0.563. The normalized spacial score (nSPS) is 15.7. The lowest BCUT2D eigenvalue weighted by Crippen LogP contribution is -2.21. The summed E-state index contributed by atoms with van der Waals surface area (Å²) < 4.78 is 14.4. The molecule has 0 amide bonds. The monoisotopic (exact) mass is 528 g/mol. The van der Waals surface area contributed by atoms with E-state index in [4.69, 9.17) is 17.3 Å². The molecule has 1 saturated heterocycles. The van der Waals surface area contributed by atoms with Gasteiger partial charge in [-0.25, -0.2) is 4.39 Å². The van der Waals surface area contributed by atoms with Crippen LogP contribution >= 0.6 is 11.6 Å². The number of anilines is 3. The average Bonchev–Trinajstić information content (AvgIpc) is 3.65. The minimum Gasteiger partial charge on any atom is -0.395 e. The van der Waals surface area contributed by atoms with Crippen molar-refractivity contribution < 1.29 is 9.18 Å². The molecule has 38 heavy (non-hydrogen) atoms. The maximum absolute atomic E-state index is 14.4. The van der Waals surface area contributed by atoms with E-state index in [-0.39, 0.29) is 22.4 Å². The molecule has 4 aromatic rings. The van der Waals surface area contributed by atoms with Crippen LogP contribution in [0.2, 0.25) is 5.02 Å². The van der Waals surface area contributed by atoms with Crippen molar-refractivity contribution in [3.05, 3.63) is 82.8 Å². The Morgan fingerprint density at radius 3 is 2.66 bits per heavy atom. The number of likely N-dealkylation sites (tertiary alicyclic amines) is 1. The first-order valence-corrected chi connectivity index (χ1v) is 13.6. The number of hydrogen-bond donors (Lipinski definition) is 2. The van der Waals surface area contributed by atoms with Crippen molar-refractivity contribution in [3.63, 3.8) is 0 Å². The number of fused-ring (bicyclic) bond motifs is 1. The highest BCUT2D eigenvalue weighted by atomic mass is 35.5. The number of nitrogens with one attached hydrogen (secondary N) is 1. The van der Waals surface area contributed by atoms with Gasteiger partial charge in [-0.1, -0.05) is 29.8 Å². The first-order chi connectivity index (χ1) is 18.5. The standard InChI is InChI=1S/C31H30ClFN4O/c32-26-16-22(17-27(33)29(26)34)21-8-9-28-24(15-21)30(25(18-35-28)31(38)20-6-7-20)36-23-5-3-4-19(14-23)10-13-37-11-1-2-12-37/h3-5,8-9,14-18,20H,1-2,6-7,10-13,34H2,(H,35,36). The number of rotatable bonds is 8. The summed E-state index contributed by atoms with van der Waals surface area (Å²) in [6.45, 7) is 3.41. The molecule has 2 aliphatic rings. The summed E-state index contributed by atoms with van der Waals surface area (Å²) in [5.41, 5.74) is 11.3. The predicted octanol–water partition coefficient (Wildman–Crippen LogP) is 7.25. The van der Waals surface area contributed by atoms with Crippen LogP contribution in [0.1, 0.15) is 41.6 Å². The fourth-order valence-corrected chi connectivity index (χ4v) is 5.46. The van der Waals surface area contributed by atoms with E-state index in [0.717, 1.165) is 53.6 Å². The third-order valence-corrected chi connectivity index (χ3v) is 7.92. The van der Waals surface area contributed by atoms with E-state index in [2.05, 4.69) is 33.4 Å². The number of carbonyl (C=O) groups is 1. The molecule has 194 valence electrons. The number of Topliss-reactive ketones (excluding diaryl/α,β-unsaturated/α-hetero) is 1. The van der Waals surface area contributed by atoms with Gasteiger partial charge in [0.1, 0.15) is 5.82 Å². The van der Waals surface area contributed by atoms with Gasteiger partial charge in [0.05, 0.1) is 27.5 Å². The number of pyridine rings is 1. The molecule has 1 saturated carbocycles. The molecule has 3 aromatic carbocycles. The quantitative estimate of drug-likeness (QED) is 0.186. The Kier molecular flexibility index (Phi) is 6.76. The molecule has 1 aliphatic heterocycles. The Morgan fingerprint density at radius 2 is 1.89 bits per heavy atom.